The first-order chi connectivity index (χ1) is 21.6. The molecular formula is C38H47N3O4. The van der Waals surface area contributed by atoms with Crippen LogP contribution in [0.25, 0.3) is 27.8 Å². The minimum atomic E-state index is -0.939. The third kappa shape index (κ3) is 6.49. The first kappa shape index (κ1) is 32.3. The summed E-state index contributed by atoms with van der Waals surface area (Å²) in [6, 6.07) is 17.6. The molecule has 0 unspecified atom stereocenters. The third-order valence-electron chi connectivity index (χ3n) is 9.03. The number of anilines is 1. The summed E-state index contributed by atoms with van der Waals surface area (Å²) in [5.74, 6) is 0.0402. The fraction of sp³-hybridized carbons (Fsp3) is 0.447. The van der Waals surface area contributed by atoms with Crippen molar-refractivity contribution in [2.24, 2.45) is 0 Å². The lowest BCUT2D eigenvalue weighted by molar-refractivity contribution is 0.0697. The van der Waals surface area contributed by atoms with E-state index in [1.165, 1.54) is 6.42 Å². The van der Waals surface area contributed by atoms with Gasteiger partial charge >= 0.3 is 12.1 Å². The monoisotopic (exact) mass is 609 g/mol. The van der Waals surface area contributed by atoms with Crippen LogP contribution < -0.4 is 4.90 Å². The number of carboxylic acid groups (broad SMARTS) is 1. The van der Waals surface area contributed by atoms with Gasteiger partial charge in [0.05, 0.1) is 28.9 Å². The van der Waals surface area contributed by atoms with Crippen molar-refractivity contribution in [3.05, 3.63) is 77.1 Å². The van der Waals surface area contributed by atoms with Crippen LogP contribution in [0.2, 0.25) is 0 Å². The van der Waals surface area contributed by atoms with Gasteiger partial charge in [0.15, 0.2) is 0 Å². The minimum absolute atomic E-state index is 0.104. The molecule has 0 aliphatic heterocycles. The van der Waals surface area contributed by atoms with Crippen molar-refractivity contribution >= 4 is 28.8 Å². The summed E-state index contributed by atoms with van der Waals surface area (Å²) < 4.78 is 7.86. The molecule has 1 heterocycles. The van der Waals surface area contributed by atoms with Crippen molar-refractivity contribution in [2.75, 3.05) is 11.5 Å². The van der Waals surface area contributed by atoms with Gasteiger partial charge in [0, 0.05) is 18.2 Å². The van der Waals surface area contributed by atoms with E-state index in [4.69, 9.17) is 9.72 Å². The molecule has 0 atom stereocenters. The van der Waals surface area contributed by atoms with Crippen LogP contribution in [0.15, 0.2) is 54.6 Å². The van der Waals surface area contributed by atoms with Gasteiger partial charge in [-0.2, -0.15) is 0 Å². The average molecular weight is 610 g/mol. The fourth-order valence-electron chi connectivity index (χ4n) is 7.06. The second-order valence-corrected chi connectivity index (χ2v) is 13.2. The van der Waals surface area contributed by atoms with Crippen molar-refractivity contribution in [2.45, 2.75) is 104 Å². The van der Waals surface area contributed by atoms with Crippen LogP contribution in [-0.4, -0.2) is 39.4 Å². The van der Waals surface area contributed by atoms with Gasteiger partial charge in [-0.1, -0.05) is 77.6 Å². The van der Waals surface area contributed by atoms with Crippen molar-refractivity contribution < 1.29 is 19.4 Å². The van der Waals surface area contributed by atoms with Gasteiger partial charge in [-0.3, -0.25) is 9.47 Å². The summed E-state index contributed by atoms with van der Waals surface area (Å²) >= 11 is 0. The number of amides is 1. The lowest BCUT2D eigenvalue weighted by Gasteiger charge is -2.33. The van der Waals surface area contributed by atoms with Gasteiger partial charge in [0.1, 0.15) is 5.82 Å². The van der Waals surface area contributed by atoms with E-state index in [9.17, 15) is 14.7 Å². The van der Waals surface area contributed by atoms with Crippen LogP contribution in [0.5, 0.6) is 0 Å². The molecule has 1 N–H and O–H groups in total. The first-order valence-corrected chi connectivity index (χ1v) is 16.5. The van der Waals surface area contributed by atoms with Crippen LogP contribution in [0.3, 0.4) is 0 Å². The Labute approximate surface area is 267 Å². The summed E-state index contributed by atoms with van der Waals surface area (Å²) in [7, 11) is 0. The van der Waals surface area contributed by atoms with Crippen LogP contribution in [0.4, 0.5) is 10.5 Å². The number of aromatic nitrogens is 2. The summed E-state index contributed by atoms with van der Waals surface area (Å²) in [6.45, 7) is 13.1. The van der Waals surface area contributed by atoms with E-state index in [1.807, 2.05) is 42.2 Å². The molecule has 1 saturated carbocycles. The molecule has 4 aromatic rings. The zero-order chi connectivity index (χ0) is 32.3. The highest BCUT2D eigenvalue weighted by molar-refractivity contribution is 5.97. The minimum Gasteiger partial charge on any atom is -0.478 e. The fourth-order valence-corrected chi connectivity index (χ4v) is 7.06. The Morgan fingerprint density at radius 1 is 1.00 bits per heavy atom. The molecule has 1 aliphatic rings. The average Bonchev–Trinajstić information content (AvgIpc) is 3.37. The molecule has 5 rings (SSSR count). The molecule has 1 aromatic heterocycles. The highest BCUT2D eigenvalue weighted by Gasteiger charge is 2.30. The number of hydrogen-bond donors (Lipinski definition) is 1. The number of aryl methyl sites for hydroxylation is 1. The van der Waals surface area contributed by atoms with E-state index < -0.39 is 5.97 Å². The highest BCUT2D eigenvalue weighted by atomic mass is 16.6. The number of ether oxygens (including phenoxy) is 1. The highest BCUT2D eigenvalue weighted by Crippen LogP contribution is 2.40. The molecule has 1 aliphatic carbocycles. The summed E-state index contributed by atoms with van der Waals surface area (Å²) in [5, 5.41) is 9.98. The summed E-state index contributed by atoms with van der Waals surface area (Å²) in [4.78, 5) is 32.6. The lowest BCUT2D eigenvalue weighted by Crippen LogP contribution is -2.42. The number of unbranched alkanes of at least 4 members (excludes halogenated alkanes) is 1. The van der Waals surface area contributed by atoms with E-state index in [0.717, 1.165) is 89.9 Å². The van der Waals surface area contributed by atoms with E-state index >= 15 is 0 Å². The number of carbonyl (C=O) groups is 2. The molecule has 3 aromatic carbocycles. The number of imidazole rings is 1. The second-order valence-electron chi connectivity index (χ2n) is 13.2. The van der Waals surface area contributed by atoms with Crippen molar-refractivity contribution in [1.29, 1.82) is 0 Å². The normalized spacial score (nSPS) is 14.1. The zero-order valence-electron chi connectivity index (χ0n) is 27.7. The number of benzene rings is 3. The Kier molecular flexibility index (Phi) is 9.66. The third-order valence-corrected chi connectivity index (χ3v) is 9.03. The van der Waals surface area contributed by atoms with E-state index in [1.54, 1.807) is 12.1 Å². The van der Waals surface area contributed by atoms with Crippen molar-refractivity contribution in [1.82, 2.24) is 9.55 Å². The van der Waals surface area contributed by atoms with Crippen LogP contribution in [-0.2, 0) is 16.6 Å². The van der Waals surface area contributed by atoms with Crippen molar-refractivity contribution in [3.8, 4) is 16.8 Å². The number of carbonyl (C=O) groups excluding carboxylic acids is 1. The van der Waals surface area contributed by atoms with Gasteiger partial charge in [-0.25, -0.2) is 14.6 Å². The maximum Gasteiger partial charge on any atom is 0.414 e. The maximum atomic E-state index is 13.4. The molecule has 0 bridgehead atoms. The number of fused-ring (bicyclic) bond motifs is 1. The quantitative estimate of drug-likeness (QED) is 0.204. The van der Waals surface area contributed by atoms with Crippen LogP contribution >= 0.6 is 0 Å². The molecule has 238 valence electrons. The van der Waals surface area contributed by atoms with Gasteiger partial charge < -0.3 is 9.84 Å². The molecule has 1 amide bonds. The Bertz CT molecular complexity index is 1690. The predicted molar refractivity (Wildman–Crippen MR) is 182 cm³/mol. The molecule has 0 radical (unpaired) electrons. The molecule has 0 saturated heterocycles. The molecule has 7 heteroatoms. The van der Waals surface area contributed by atoms with Gasteiger partial charge in [0.25, 0.3) is 0 Å². The van der Waals surface area contributed by atoms with Gasteiger partial charge in [-0.05, 0) is 91.1 Å². The smallest absolute Gasteiger partial charge is 0.414 e. The maximum absolute atomic E-state index is 13.4. The molecule has 45 heavy (non-hydrogen) atoms. The van der Waals surface area contributed by atoms with Gasteiger partial charge in [0.2, 0.25) is 0 Å². The van der Waals surface area contributed by atoms with E-state index in [2.05, 4.69) is 51.3 Å². The van der Waals surface area contributed by atoms with E-state index in [0.29, 0.717) is 12.2 Å². The number of rotatable bonds is 9. The largest absolute Gasteiger partial charge is 0.478 e. The molecule has 1 fully saturated rings. The summed E-state index contributed by atoms with van der Waals surface area (Å²) in [5.41, 5.74) is 7.52. The van der Waals surface area contributed by atoms with E-state index in [-0.39, 0.29) is 23.1 Å². The lowest BCUT2D eigenvalue weighted by atomic mass is 9.79. The molecular weight excluding hydrogens is 562 g/mol. The SMILES string of the molecule is CCCCc1nc2ccc(N(C(=O)OCC)C3CCCCC3)cc2n1-c1ccc(-c2ccccc2C(=O)O)c(C)c1C(C)(C)C. The summed E-state index contributed by atoms with van der Waals surface area (Å²) in [6.07, 6.45) is 7.90. The topological polar surface area (TPSA) is 84.7 Å². The number of carboxylic acids is 1. The number of nitrogens with zero attached hydrogens (tertiary/aromatic N) is 3. The number of hydrogen-bond acceptors (Lipinski definition) is 4. The Hall–Kier alpha value is -4.13. The van der Waals surface area contributed by atoms with Crippen LogP contribution in [0, 0.1) is 6.92 Å². The standard InChI is InChI=1S/C38H47N3O4/c1-7-9-19-34-39-31-22-20-27(40(37(44)45-8-2)26-15-11-10-12-16-26)24-33(31)41(34)32-23-21-28(25(3)35(32)38(4,5)6)29-17-13-14-18-30(29)36(42)43/h13-14,17-18,20-24,26H,7-12,15-16,19H2,1-6H3,(H,42,43). The molecule has 7 nitrogen and oxygen atoms in total. The Morgan fingerprint density at radius 3 is 2.40 bits per heavy atom. The molecule has 0 spiro atoms. The second kappa shape index (κ2) is 13.5. The Morgan fingerprint density at radius 2 is 1.73 bits per heavy atom. The zero-order valence-corrected chi connectivity index (χ0v) is 27.7. The first-order valence-electron chi connectivity index (χ1n) is 16.5. The number of aromatic carboxylic acids is 1. The van der Waals surface area contributed by atoms with Crippen LogP contribution in [0.1, 0.15) is 107 Å². The Balaban J connectivity index is 1.76. The van der Waals surface area contributed by atoms with Gasteiger partial charge in [-0.15, -0.1) is 0 Å². The van der Waals surface area contributed by atoms with Crippen molar-refractivity contribution in [3.63, 3.8) is 0 Å². The predicted octanol–water partition coefficient (Wildman–Crippen LogP) is 9.63.